The summed E-state index contributed by atoms with van der Waals surface area (Å²) in [7, 11) is -4.15. The van der Waals surface area contributed by atoms with Crippen molar-refractivity contribution in [2.24, 2.45) is 0 Å². The van der Waals surface area contributed by atoms with Crippen molar-refractivity contribution in [2.45, 2.75) is 18.2 Å². The summed E-state index contributed by atoms with van der Waals surface area (Å²) in [5.74, 6) is -2.51. The fourth-order valence-corrected chi connectivity index (χ4v) is 2.95. The molecule has 1 N–H and O–H groups in total. The highest BCUT2D eigenvalue weighted by molar-refractivity contribution is 7.92. The van der Waals surface area contributed by atoms with Crippen LogP contribution in [-0.4, -0.2) is 21.0 Å². The molecule has 5 nitrogen and oxygen atoms in total. The van der Waals surface area contributed by atoms with Gasteiger partial charge in [0.05, 0.1) is 17.1 Å². The molecular weight excluding hydrogens is 340 g/mol. The first-order valence-corrected chi connectivity index (χ1v) is 8.56. The van der Waals surface area contributed by atoms with E-state index in [2.05, 4.69) is 4.72 Å². The molecule has 0 amide bonds. The molecule has 0 saturated heterocycles. The van der Waals surface area contributed by atoms with E-state index in [1.165, 1.54) is 24.3 Å². The van der Waals surface area contributed by atoms with Crippen LogP contribution in [0.25, 0.3) is 0 Å². The molecule has 0 aliphatic heterocycles. The van der Waals surface area contributed by atoms with Crippen LogP contribution in [0.1, 0.15) is 23.7 Å². The predicted molar refractivity (Wildman–Crippen MR) is 84.2 cm³/mol. The fourth-order valence-electron chi connectivity index (χ4n) is 1.85. The lowest BCUT2D eigenvalue weighted by molar-refractivity contribution is 0.0505. The second-order valence-electron chi connectivity index (χ2n) is 4.92. The highest BCUT2D eigenvalue weighted by atomic mass is 32.2. The van der Waals surface area contributed by atoms with Crippen molar-refractivity contribution < 1.29 is 26.7 Å². The van der Waals surface area contributed by atoms with E-state index in [1.54, 1.807) is 0 Å². The smallest absolute Gasteiger partial charge is 0.338 e. The normalized spacial score (nSPS) is 11.1. The Morgan fingerprint density at radius 3 is 2.21 bits per heavy atom. The highest BCUT2D eigenvalue weighted by Gasteiger charge is 2.17. The maximum atomic E-state index is 13.2. The molecule has 0 saturated carbocycles. The highest BCUT2D eigenvalue weighted by Crippen LogP contribution is 2.19. The summed E-state index contributed by atoms with van der Waals surface area (Å²) in [5.41, 5.74) is 0.412. The van der Waals surface area contributed by atoms with Crippen LogP contribution >= 0.6 is 0 Å². The van der Waals surface area contributed by atoms with E-state index in [0.717, 1.165) is 0 Å². The molecule has 0 radical (unpaired) electrons. The Hall–Kier alpha value is -2.48. The summed E-state index contributed by atoms with van der Waals surface area (Å²) < 4.78 is 57.7. The molecule has 0 aliphatic carbocycles. The minimum absolute atomic E-state index is 0.145. The van der Waals surface area contributed by atoms with Crippen molar-refractivity contribution >= 4 is 21.7 Å². The average molecular weight is 355 g/mol. The summed E-state index contributed by atoms with van der Waals surface area (Å²) >= 11 is 0. The van der Waals surface area contributed by atoms with Crippen LogP contribution in [0.5, 0.6) is 0 Å². The first-order valence-electron chi connectivity index (χ1n) is 7.08. The summed E-state index contributed by atoms with van der Waals surface area (Å²) in [6.07, 6.45) is 0.688. The topological polar surface area (TPSA) is 72.5 Å². The van der Waals surface area contributed by atoms with Crippen molar-refractivity contribution in [3.8, 4) is 0 Å². The van der Waals surface area contributed by atoms with Crippen LogP contribution in [-0.2, 0) is 14.8 Å². The lowest BCUT2D eigenvalue weighted by Gasteiger charge is -2.09. The second-order valence-corrected chi connectivity index (χ2v) is 6.61. The Bertz CT molecular complexity index is 815. The molecule has 0 bridgehead atoms. The predicted octanol–water partition coefficient (Wildman–Crippen LogP) is 3.33. The van der Waals surface area contributed by atoms with Crippen LogP contribution in [0.3, 0.4) is 0 Å². The number of sulfonamides is 1. The van der Waals surface area contributed by atoms with E-state index < -0.39 is 32.5 Å². The number of nitrogens with one attached hydrogen (secondary N) is 1. The van der Waals surface area contributed by atoms with E-state index in [9.17, 15) is 22.0 Å². The number of anilines is 1. The van der Waals surface area contributed by atoms with Crippen molar-refractivity contribution in [3.63, 3.8) is 0 Å². The van der Waals surface area contributed by atoms with E-state index in [-0.39, 0.29) is 11.3 Å². The Morgan fingerprint density at radius 1 is 1.08 bits per heavy atom. The number of halogens is 2. The summed E-state index contributed by atoms with van der Waals surface area (Å²) in [4.78, 5) is 11.1. The Balaban J connectivity index is 2.16. The number of hydrogen-bond donors (Lipinski definition) is 1. The number of carbonyl (C=O) groups is 1. The number of carbonyl (C=O) groups excluding carboxylic acids is 1. The Kier molecular flexibility index (Phi) is 5.50. The first-order chi connectivity index (χ1) is 11.3. The van der Waals surface area contributed by atoms with Gasteiger partial charge < -0.3 is 4.74 Å². The zero-order valence-electron chi connectivity index (χ0n) is 12.8. The molecule has 2 aromatic carbocycles. The molecule has 0 spiro atoms. The summed E-state index contributed by atoms with van der Waals surface area (Å²) in [5, 5.41) is 0. The van der Waals surface area contributed by atoms with Gasteiger partial charge in [-0.2, -0.15) is 0 Å². The maximum absolute atomic E-state index is 13.2. The molecule has 0 fully saturated rings. The van der Waals surface area contributed by atoms with Gasteiger partial charge in [0.15, 0.2) is 0 Å². The van der Waals surface area contributed by atoms with Gasteiger partial charge in [0.2, 0.25) is 0 Å². The number of rotatable bonds is 6. The van der Waals surface area contributed by atoms with Crippen LogP contribution in [0.2, 0.25) is 0 Å². The third-order valence-electron chi connectivity index (χ3n) is 2.96. The number of ether oxygens (including phenoxy) is 1. The third kappa shape index (κ3) is 4.51. The largest absolute Gasteiger partial charge is 0.462 e. The Labute approximate surface area is 138 Å². The molecule has 0 heterocycles. The molecular formula is C16H15F2NO4S. The number of benzene rings is 2. The van der Waals surface area contributed by atoms with Gasteiger partial charge in [-0.3, -0.25) is 4.72 Å². The Morgan fingerprint density at radius 2 is 1.67 bits per heavy atom. The molecule has 0 aromatic heterocycles. The summed E-state index contributed by atoms with van der Waals surface area (Å²) in [6, 6.07) is 7.50. The molecule has 0 unspecified atom stereocenters. The molecule has 8 heteroatoms. The van der Waals surface area contributed by atoms with Crippen molar-refractivity contribution in [1.82, 2.24) is 0 Å². The van der Waals surface area contributed by atoms with Gasteiger partial charge in [-0.25, -0.2) is 22.0 Å². The van der Waals surface area contributed by atoms with Crippen molar-refractivity contribution in [2.75, 3.05) is 11.3 Å². The quantitative estimate of drug-likeness (QED) is 0.807. The van der Waals surface area contributed by atoms with Crippen LogP contribution in [0.4, 0.5) is 14.5 Å². The van der Waals surface area contributed by atoms with Crippen LogP contribution in [0.15, 0.2) is 47.4 Å². The van der Waals surface area contributed by atoms with Gasteiger partial charge in [0.25, 0.3) is 10.0 Å². The van der Waals surface area contributed by atoms with Crippen molar-refractivity contribution in [3.05, 3.63) is 59.7 Å². The van der Waals surface area contributed by atoms with Gasteiger partial charge in [-0.1, -0.05) is 6.92 Å². The van der Waals surface area contributed by atoms with E-state index in [0.29, 0.717) is 31.2 Å². The molecule has 2 aromatic rings. The minimum Gasteiger partial charge on any atom is -0.462 e. The molecule has 128 valence electrons. The lowest BCUT2D eigenvalue weighted by atomic mass is 10.2. The van der Waals surface area contributed by atoms with Crippen LogP contribution < -0.4 is 4.72 Å². The monoisotopic (exact) mass is 355 g/mol. The third-order valence-corrected chi connectivity index (χ3v) is 4.32. The molecule has 0 aliphatic rings. The minimum atomic E-state index is -4.15. The zero-order valence-corrected chi connectivity index (χ0v) is 13.6. The number of hydrogen-bond acceptors (Lipinski definition) is 4. The van der Waals surface area contributed by atoms with E-state index in [4.69, 9.17) is 4.74 Å². The number of esters is 1. The maximum Gasteiger partial charge on any atom is 0.338 e. The van der Waals surface area contributed by atoms with E-state index in [1.807, 2.05) is 6.92 Å². The fraction of sp³-hybridized carbons (Fsp3) is 0.188. The first kappa shape index (κ1) is 17.9. The van der Waals surface area contributed by atoms with Crippen molar-refractivity contribution in [1.29, 1.82) is 0 Å². The summed E-state index contributed by atoms with van der Waals surface area (Å²) in [6.45, 7) is 2.15. The van der Waals surface area contributed by atoms with Gasteiger partial charge in [-0.05, 0) is 42.8 Å². The molecule has 0 atom stereocenters. The molecule has 24 heavy (non-hydrogen) atoms. The van der Waals surface area contributed by atoms with Gasteiger partial charge in [0.1, 0.15) is 11.6 Å². The lowest BCUT2D eigenvalue weighted by Crippen LogP contribution is -2.14. The molecule has 2 rings (SSSR count). The van der Waals surface area contributed by atoms with E-state index >= 15 is 0 Å². The average Bonchev–Trinajstić information content (AvgIpc) is 2.52. The van der Waals surface area contributed by atoms with Gasteiger partial charge in [-0.15, -0.1) is 0 Å². The standard InChI is InChI=1S/C16H15F2NO4S/c1-2-7-23-16(20)11-3-5-14(6-4-11)19-24(21,22)15-9-12(17)8-13(18)10-15/h3-6,8-10,19H,2,7H2,1H3. The van der Waals surface area contributed by atoms with Gasteiger partial charge in [0, 0.05) is 11.8 Å². The SMILES string of the molecule is CCCOC(=O)c1ccc(NS(=O)(=O)c2cc(F)cc(F)c2)cc1. The van der Waals surface area contributed by atoms with Gasteiger partial charge >= 0.3 is 5.97 Å². The zero-order chi connectivity index (χ0) is 17.7. The van der Waals surface area contributed by atoms with Crippen LogP contribution in [0, 0.1) is 11.6 Å². The second kappa shape index (κ2) is 7.39.